The number of nitrogens with one attached hydrogen (secondary N) is 1. The average Bonchev–Trinajstić information content (AvgIpc) is 3.37. The SMILES string of the molecule is O=C(Nc1ccccc1)n1nnc(C2CN(Cc3ccccc3)CN(Cc3ccccc3)C2)n1. The molecule has 0 unspecified atom stereocenters. The molecule has 0 saturated carbocycles. The van der Waals surface area contributed by atoms with Crippen molar-refractivity contribution in [3.63, 3.8) is 0 Å². The predicted molar refractivity (Wildman–Crippen MR) is 130 cm³/mol. The Balaban J connectivity index is 1.32. The van der Waals surface area contributed by atoms with E-state index in [1.165, 1.54) is 11.1 Å². The summed E-state index contributed by atoms with van der Waals surface area (Å²) in [5.41, 5.74) is 3.22. The van der Waals surface area contributed by atoms with Crippen LogP contribution in [0.4, 0.5) is 10.5 Å². The highest BCUT2D eigenvalue weighted by Crippen LogP contribution is 2.23. The molecule has 1 fully saturated rings. The van der Waals surface area contributed by atoms with Gasteiger partial charge < -0.3 is 5.32 Å². The molecule has 1 N–H and O–H groups in total. The molecule has 5 rings (SSSR count). The van der Waals surface area contributed by atoms with Crippen molar-refractivity contribution in [1.29, 1.82) is 0 Å². The first-order chi connectivity index (χ1) is 16.7. The van der Waals surface area contributed by atoms with Gasteiger partial charge in [0, 0.05) is 37.8 Å². The summed E-state index contributed by atoms with van der Waals surface area (Å²) in [4.78, 5) is 18.4. The minimum absolute atomic E-state index is 0.0412. The van der Waals surface area contributed by atoms with Crippen LogP contribution in [0, 0.1) is 0 Å². The maximum Gasteiger partial charge on any atom is 0.365 e. The van der Waals surface area contributed by atoms with Crippen molar-refractivity contribution in [3.05, 3.63) is 108 Å². The Morgan fingerprint density at radius 3 is 1.88 bits per heavy atom. The van der Waals surface area contributed by atoms with Crippen LogP contribution in [0.2, 0.25) is 0 Å². The number of para-hydroxylation sites is 1. The first-order valence-electron chi connectivity index (χ1n) is 11.4. The molecule has 4 aromatic rings. The molecule has 0 atom stereocenters. The molecular weight excluding hydrogens is 426 g/mol. The van der Waals surface area contributed by atoms with Gasteiger partial charge in [0.05, 0.1) is 6.67 Å². The lowest BCUT2D eigenvalue weighted by atomic mass is 10.0. The minimum atomic E-state index is -0.428. The maximum atomic E-state index is 12.6. The van der Waals surface area contributed by atoms with Crippen LogP contribution in [-0.4, -0.2) is 55.8 Å². The van der Waals surface area contributed by atoms with Crippen molar-refractivity contribution in [2.24, 2.45) is 0 Å². The van der Waals surface area contributed by atoms with Gasteiger partial charge in [-0.05, 0) is 28.5 Å². The summed E-state index contributed by atoms with van der Waals surface area (Å²) in [6.45, 7) is 4.12. The van der Waals surface area contributed by atoms with Gasteiger partial charge in [-0.3, -0.25) is 9.80 Å². The number of anilines is 1. The number of hydrogen-bond acceptors (Lipinski definition) is 6. The van der Waals surface area contributed by atoms with Crippen LogP contribution >= 0.6 is 0 Å². The van der Waals surface area contributed by atoms with E-state index in [-0.39, 0.29) is 5.92 Å². The Morgan fingerprint density at radius 2 is 1.32 bits per heavy atom. The lowest BCUT2D eigenvalue weighted by Gasteiger charge is -2.39. The summed E-state index contributed by atoms with van der Waals surface area (Å²) in [6.07, 6.45) is 0. The smallest absolute Gasteiger partial charge is 0.305 e. The normalized spacial score (nSPS) is 15.3. The van der Waals surface area contributed by atoms with Crippen LogP contribution in [0.15, 0.2) is 91.0 Å². The van der Waals surface area contributed by atoms with Crippen molar-refractivity contribution >= 4 is 11.7 Å². The molecule has 0 aliphatic carbocycles. The van der Waals surface area contributed by atoms with E-state index in [1.54, 1.807) is 0 Å². The number of nitrogens with zero attached hydrogens (tertiary/aromatic N) is 6. The van der Waals surface area contributed by atoms with E-state index in [1.807, 2.05) is 42.5 Å². The fourth-order valence-electron chi connectivity index (χ4n) is 4.32. The molecule has 1 aromatic heterocycles. The van der Waals surface area contributed by atoms with E-state index in [4.69, 9.17) is 0 Å². The minimum Gasteiger partial charge on any atom is -0.305 e. The molecule has 34 heavy (non-hydrogen) atoms. The second-order valence-corrected chi connectivity index (χ2v) is 8.57. The average molecular weight is 454 g/mol. The molecule has 3 aromatic carbocycles. The lowest BCUT2D eigenvalue weighted by molar-refractivity contribution is 0.0578. The highest BCUT2D eigenvalue weighted by atomic mass is 16.2. The summed E-state index contributed by atoms with van der Waals surface area (Å²) in [5.74, 6) is 0.624. The quantitative estimate of drug-likeness (QED) is 0.478. The highest BCUT2D eigenvalue weighted by Gasteiger charge is 2.30. The number of carbonyl (C=O) groups excluding carboxylic acids is 1. The Hall–Kier alpha value is -3.88. The zero-order valence-electron chi connectivity index (χ0n) is 18.9. The standard InChI is InChI=1S/C26H27N7O/c34-26(27-24-14-8-3-9-15-24)33-29-25(28-30-33)23-18-31(16-21-10-4-1-5-11-21)20-32(19-23)17-22-12-6-2-7-13-22/h1-15,23H,16-20H2,(H,27,34). The number of tetrazole rings is 1. The van der Waals surface area contributed by atoms with Crippen molar-refractivity contribution in [1.82, 2.24) is 30.0 Å². The number of carbonyl (C=O) groups is 1. The molecule has 1 aliphatic heterocycles. The van der Waals surface area contributed by atoms with Gasteiger partial charge >= 0.3 is 6.03 Å². The molecule has 0 bridgehead atoms. The Kier molecular flexibility index (Phi) is 6.69. The third-order valence-electron chi connectivity index (χ3n) is 5.86. The molecule has 1 saturated heterocycles. The zero-order valence-corrected chi connectivity index (χ0v) is 18.9. The van der Waals surface area contributed by atoms with E-state index in [9.17, 15) is 4.79 Å². The fraction of sp³-hybridized carbons (Fsp3) is 0.231. The number of amides is 1. The second-order valence-electron chi connectivity index (χ2n) is 8.57. The predicted octanol–water partition coefficient (Wildman–Crippen LogP) is 3.81. The van der Waals surface area contributed by atoms with Crippen molar-refractivity contribution in [3.8, 4) is 0 Å². The van der Waals surface area contributed by atoms with Gasteiger partial charge in [0.2, 0.25) is 0 Å². The number of benzene rings is 3. The molecule has 1 amide bonds. The maximum absolute atomic E-state index is 12.6. The molecule has 0 spiro atoms. The van der Waals surface area contributed by atoms with Crippen LogP contribution < -0.4 is 5.32 Å². The van der Waals surface area contributed by atoms with Gasteiger partial charge in [-0.2, -0.15) is 0 Å². The third kappa shape index (κ3) is 5.54. The van der Waals surface area contributed by atoms with Crippen molar-refractivity contribution in [2.75, 3.05) is 25.1 Å². The van der Waals surface area contributed by atoms with Gasteiger partial charge in [0.1, 0.15) is 0 Å². The molecule has 172 valence electrons. The first-order valence-corrected chi connectivity index (χ1v) is 11.4. The van der Waals surface area contributed by atoms with Gasteiger partial charge in [0.15, 0.2) is 5.82 Å². The molecule has 8 nitrogen and oxygen atoms in total. The van der Waals surface area contributed by atoms with Crippen LogP contribution in [0.1, 0.15) is 22.9 Å². The van der Waals surface area contributed by atoms with E-state index < -0.39 is 6.03 Å². The monoisotopic (exact) mass is 453 g/mol. The number of rotatable bonds is 6. The van der Waals surface area contributed by atoms with E-state index in [2.05, 4.69) is 79.1 Å². The van der Waals surface area contributed by atoms with Crippen LogP contribution in [0.3, 0.4) is 0 Å². The summed E-state index contributed by atoms with van der Waals surface area (Å²) in [7, 11) is 0. The largest absolute Gasteiger partial charge is 0.365 e. The summed E-state index contributed by atoms with van der Waals surface area (Å²) < 4.78 is 0. The molecule has 0 radical (unpaired) electrons. The highest BCUT2D eigenvalue weighted by molar-refractivity contribution is 5.89. The van der Waals surface area contributed by atoms with Crippen molar-refractivity contribution < 1.29 is 4.79 Å². The molecule has 2 heterocycles. The molecular formula is C26H27N7O. The lowest BCUT2D eigenvalue weighted by Crippen LogP contribution is -2.48. The Labute approximate surface area is 198 Å². The van der Waals surface area contributed by atoms with Gasteiger partial charge in [-0.1, -0.05) is 83.7 Å². The van der Waals surface area contributed by atoms with E-state index in [0.717, 1.165) is 37.6 Å². The number of hydrogen-bond donors (Lipinski definition) is 1. The van der Waals surface area contributed by atoms with Crippen LogP contribution in [0.5, 0.6) is 0 Å². The second kappa shape index (κ2) is 10.4. The number of aromatic nitrogens is 4. The Bertz CT molecular complexity index is 1150. The molecule has 1 aliphatic rings. The van der Waals surface area contributed by atoms with Crippen molar-refractivity contribution in [2.45, 2.75) is 19.0 Å². The van der Waals surface area contributed by atoms with E-state index >= 15 is 0 Å². The third-order valence-corrected chi connectivity index (χ3v) is 5.86. The Morgan fingerprint density at radius 1 is 0.794 bits per heavy atom. The fourth-order valence-corrected chi connectivity index (χ4v) is 4.32. The van der Waals surface area contributed by atoms with E-state index in [0.29, 0.717) is 11.5 Å². The van der Waals surface area contributed by atoms with Crippen LogP contribution in [0.25, 0.3) is 0 Å². The van der Waals surface area contributed by atoms with Gasteiger partial charge in [-0.25, -0.2) is 4.79 Å². The molecule has 8 heteroatoms. The van der Waals surface area contributed by atoms with Gasteiger partial charge in [-0.15, -0.1) is 10.2 Å². The zero-order chi connectivity index (χ0) is 23.2. The topological polar surface area (TPSA) is 79.2 Å². The summed E-state index contributed by atoms with van der Waals surface area (Å²) in [5, 5.41) is 15.5. The van der Waals surface area contributed by atoms with Crippen LogP contribution in [-0.2, 0) is 13.1 Å². The summed E-state index contributed by atoms with van der Waals surface area (Å²) >= 11 is 0. The van der Waals surface area contributed by atoms with Gasteiger partial charge in [0.25, 0.3) is 0 Å². The summed E-state index contributed by atoms with van der Waals surface area (Å²) in [6, 6.07) is 29.8. The first kappa shape index (κ1) is 21.9.